The Morgan fingerprint density at radius 3 is 2.52 bits per heavy atom. The fraction of sp³-hybridized carbons (Fsp3) is 0.733. The summed E-state index contributed by atoms with van der Waals surface area (Å²) in [5, 5.41) is 13.2. The van der Waals surface area contributed by atoms with Crippen molar-refractivity contribution < 1.29 is 33.8 Å². The predicted octanol–water partition coefficient (Wildman–Crippen LogP) is 2.21. The molecule has 224 valence electrons. The second-order valence-electron chi connectivity index (χ2n) is 11.7. The SMILES string of the molecule is C=CCCC(=O)NC[C@H](C)OC(=O)[C@@H]1[C@H]2C(=O)N([C@@H](CO)[C@@H](C)CC)[C@H](C(=O)N(CC=C)C(C)C)[C@]23CC[C@H]1O3. The van der Waals surface area contributed by atoms with Crippen LogP contribution in [-0.4, -0.2) is 94.2 Å². The van der Waals surface area contributed by atoms with E-state index in [0.29, 0.717) is 38.6 Å². The topological polar surface area (TPSA) is 125 Å². The summed E-state index contributed by atoms with van der Waals surface area (Å²) < 4.78 is 12.2. The number of aliphatic hydroxyl groups is 1. The molecule has 3 aliphatic rings. The van der Waals surface area contributed by atoms with Crippen LogP contribution in [0, 0.1) is 17.8 Å². The Morgan fingerprint density at radius 1 is 1.25 bits per heavy atom. The molecule has 3 aliphatic heterocycles. The van der Waals surface area contributed by atoms with E-state index in [1.54, 1.807) is 24.0 Å². The molecule has 10 nitrogen and oxygen atoms in total. The highest BCUT2D eigenvalue weighted by Crippen LogP contribution is 2.59. The first-order chi connectivity index (χ1) is 19.0. The Hall–Kier alpha value is -2.72. The van der Waals surface area contributed by atoms with Crippen molar-refractivity contribution in [2.45, 2.75) is 103 Å². The first-order valence-corrected chi connectivity index (χ1v) is 14.6. The Bertz CT molecular complexity index is 984. The number of hydrogen-bond donors (Lipinski definition) is 2. The molecule has 8 atom stereocenters. The standard InChI is InChI=1S/C30H47N3O7/c1-8-11-12-23(35)31-16-20(7)39-29(38)24-22-13-14-30(40-22)25(24)27(36)33(21(17-34)19(6)10-3)26(30)28(37)32(15-9-2)18(4)5/h8-9,18-22,24-26,34H,1-2,10-17H2,3-7H3,(H,31,35)/t19-,20-,21-,22+,24-,25-,26+,30-/m0/s1. The number of allylic oxidation sites excluding steroid dienone is 1. The molecule has 0 aliphatic carbocycles. The molecule has 3 fully saturated rings. The molecule has 2 bridgehead atoms. The zero-order valence-electron chi connectivity index (χ0n) is 24.6. The number of carbonyl (C=O) groups excluding carboxylic acids is 4. The number of ether oxygens (including phenoxy) is 2. The number of rotatable bonds is 15. The minimum atomic E-state index is -1.18. The van der Waals surface area contributed by atoms with Crippen LogP contribution < -0.4 is 5.32 Å². The average molecular weight is 562 g/mol. The minimum Gasteiger partial charge on any atom is -0.460 e. The van der Waals surface area contributed by atoms with Crippen molar-refractivity contribution in [2.75, 3.05) is 19.7 Å². The number of amides is 3. The monoisotopic (exact) mass is 561 g/mol. The van der Waals surface area contributed by atoms with Gasteiger partial charge in [-0.1, -0.05) is 32.4 Å². The van der Waals surface area contributed by atoms with Crippen molar-refractivity contribution in [1.82, 2.24) is 15.1 Å². The molecule has 0 aromatic carbocycles. The van der Waals surface area contributed by atoms with Gasteiger partial charge in [-0.3, -0.25) is 19.2 Å². The fourth-order valence-electron chi connectivity index (χ4n) is 6.56. The first kappa shape index (κ1) is 31.8. The number of hydrogen-bond acceptors (Lipinski definition) is 7. The maximum atomic E-state index is 14.2. The van der Waals surface area contributed by atoms with E-state index < -0.39 is 47.7 Å². The number of fused-ring (bicyclic) bond motifs is 1. The van der Waals surface area contributed by atoms with Crippen LogP contribution in [0.4, 0.5) is 0 Å². The van der Waals surface area contributed by atoms with Crippen molar-refractivity contribution in [3.8, 4) is 0 Å². The molecule has 0 aromatic heterocycles. The maximum absolute atomic E-state index is 14.2. The van der Waals surface area contributed by atoms with Gasteiger partial charge in [-0.15, -0.1) is 13.2 Å². The zero-order valence-corrected chi connectivity index (χ0v) is 24.6. The van der Waals surface area contributed by atoms with Crippen LogP contribution in [0.25, 0.3) is 0 Å². The van der Waals surface area contributed by atoms with Gasteiger partial charge in [0.2, 0.25) is 17.7 Å². The molecule has 3 amide bonds. The van der Waals surface area contributed by atoms with Gasteiger partial charge in [0.25, 0.3) is 0 Å². The van der Waals surface area contributed by atoms with E-state index in [1.807, 2.05) is 27.7 Å². The number of nitrogens with zero attached hydrogens (tertiary/aromatic N) is 2. The molecule has 3 heterocycles. The molecular formula is C30H47N3O7. The summed E-state index contributed by atoms with van der Waals surface area (Å²) >= 11 is 0. The van der Waals surface area contributed by atoms with Gasteiger partial charge in [0.1, 0.15) is 17.7 Å². The third kappa shape index (κ3) is 5.84. The van der Waals surface area contributed by atoms with Crippen molar-refractivity contribution in [3.63, 3.8) is 0 Å². The predicted molar refractivity (Wildman–Crippen MR) is 150 cm³/mol. The van der Waals surface area contributed by atoms with Crippen LogP contribution in [0.1, 0.15) is 66.7 Å². The Labute approximate surface area is 238 Å². The summed E-state index contributed by atoms with van der Waals surface area (Å²) in [5.41, 5.74) is -1.18. The van der Waals surface area contributed by atoms with E-state index in [9.17, 15) is 24.3 Å². The van der Waals surface area contributed by atoms with Crippen LogP contribution in [0.15, 0.2) is 25.3 Å². The molecule has 2 N–H and O–H groups in total. The number of likely N-dealkylation sites (tertiary alicyclic amines) is 1. The smallest absolute Gasteiger partial charge is 0.312 e. The van der Waals surface area contributed by atoms with E-state index in [4.69, 9.17) is 9.47 Å². The van der Waals surface area contributed by atoms with Gasteiger partial charge in [-0.25, -0.2) is 0 Å². The van der Waals surface area contributed by atoms with E-state index in [-0.39, 0.29) is 42.8 Å². The average Bonchev–Trinajstić information content (AvgIpc) is 3.56. The number of carbonyl (C=O) groups is 4. The molecule has 0 saturated carbocycles. The lowest BCUT2D eigenvalue weighted by molar-refractivity contribution is -0.160. The molecule has 3 saturated heterocycles. The molecule has 0 unspecified atom stereocenters. The highest BCUT2D eigenvalue weighted by molar-refractivity contribution is 5.98. The molecule has 3 rings (SSSR count). The van der Waals surface area contributed by atoms with Gasteiger partial charge >= 0.3 is 5.97 Å². The van der Waals surface area contributed by atoms with Crippen LogP contribution in [0.5, 0.6) is 0 Å². The van der Waals surface area contributed by atoms with Crippen LogP contribution in [0.2, 0.25) is 0 Å². The third-order valence-electron chi connectivity index (χ3n) is 8.80. The molecule has 0 aromatic rings. The zero-order chi connectivity index (χ0) is 29.8. The third-order valence-corrected chi connectivity index (χ3v) is 8.80. The highest BCUT2D eigenvalue weighted by Gasteiger charge is 2.75. The second-order valence-corrected chi connectivity index (χ2v) is 11.7. The lowest BCUT2D eigenvalue weighted by atomic mass is 9.70. The number of nitrogens with one attached hydrogen (secondary N) is 1. The Balaban J connectivity index is 1.92. The van der Waals surface area contributed by atoms with Crippen molar-refractivity contribution >= 4 is 23.7 Å². The highest BCUT2D eigenvalue weighted by atomic mass is 16.6. The summed E-state index contributed by atoms with van der Waals surface area (Å²) in [6.07, 6.45) is 4.67. The van der Waals surface area contributed by atoms with E-state index in [0.717, 1.165) is 0 Å². The fourth-order valence-corrected chi connectivity index (χ4v) is 6.56. The van der Waals surface area contributed by atoms with Crippen LogP contribution in [-0.2, 0) is 28.7 Å². The normalized spacial score (nSPS) is 29.1. The summed E-state index contributed by atoms with van der Waals surface area (Å²) in [7, 11) is 0. The van der Waals surface area contributed by atoms with E-state index in [2.05, 4.69) is 18.5 Å². The summed E-state index contributed by atoms with van der Waals surface area (Å²) in [6.45, 7) is 16.9. The Kier molecular flexibility index (Phi) is 10.6. The van der Waals surface area contributed by atoms with E-state index >= 15 is 0 Å². The maximum Gasteiger partial charge on any atom is 0.312 e. The van der Waals surface area contributed by atoms with Crippen LogP contribution >= 0.6 is 0 Å². The number of esters is 1. The Morgan fingerprint density at radius 2 is 1.95 bits per heavy atom. The lowest BCUT2D eigenvalue weighted by Gasteiger charge is -2.41. The summed E-state index contributed by atoms with van der Waals surface area (Å²) in [5.74, 6) is -3.20. The minimum absolute atomic E-state index is 0.0845. The van der Waals surface area contributed by atoms with Crippen molar-refractivity contribution in [3.05, 3.63) is 25.3 Å². The van der Waals surface area contributed by atoms with Gasteiger partial charge in [-0.05, 0) is 46.0 Å². The van der Waals surface area contributed by atoms with Gasteiger partial charge in [0.05, 0.1) is 37.1 Å². The number of aliphatic hydroxyl groups excluding tert-OH is 1. The summed E-state index contributed by atoms with van der Waals surface area (Å²) in [6, 6.07) is -1.73. The van der Waals surface area contributed by atoms with Crippen molar-refractivity contribution in [2.24, 2.45) is 17.8 Å². The van der Waals surface area contributed by atoms with Gasteiger partial charge in [0.15, 0.2) is 0 Å². The van der Waals surface area contributed by atoms with Gasteiger partial charge < -0.3 is 29.7 Å². The largest absolute Gasteiger partial charge is 0.460 e. The van der Waals surface area contributed by atoms with Crippen molar-refractivity contribution in [1.29, 1.82) is 0 Å². The molecule has 40 heavy (non-hydrogen) atoms. The molecule has 1 spiro atoms. The lowest BCUT2D eigenvalue weighted by Crippen LogP contribution is -2.60. The summed E-state index contributed by atoms with van der Waals surface area (Å²) in [4.78, 5) is 57.2. The van der Waals surface area contributed by atoms with Gasteiger partial charge in [0, 0.05) is 19.0 Å². The van der Waals surface area contributed by atoms with Gasteiger partial charge in [-0.2, -0.15) is 0 Å². The molecule has 0 radical (unpaired) electrons. The quantitative estimate of drug-likeness (QED) is 0.232. The molecule has 10 heteroatoms. The molecular weight excluding hydrogens is 514 g/mol. The van der Waals surface area contributed by atoms with E-state index in [1.165, 1.54) is 4.90 Å². The first-order valence-electron chi connectivity index (χ1n) is 14.6. The van der Waals surface area contributed by atoms with Crippen LogP contribution in [0.3, 0.4) is 0 Å². The second kappa shape index (κ2) is 13.3.